The standard InChI is InChI=1S/C14H18N2O2/c1-11-4-2-3-5-12(11)8-16-13(17)18-10-14(16)6-7-15-9-14/h2-5,15H,6-10H2,1H3. The van der Waals surface area contributed by atoms with Gasteiger partial charge in [0.05, 0.1) is 12.1 Å². The lowest BCUT2D eigenvalue weighted by molar-refractivity contribution is 0.150. The van der Waals surface area contributed by atoms with Gasteiger partial charge < -0.3 is 10.1 Å². The van der Waals surface area contributed by atoms with Crippen molar-refractivity contribution in [2.75, 3.05) is 19.7 Å². The Morgan fingerprint density at radius 1 is 1.44 bits per heavy atom. The first-order chi connectivity index (χ1) is 8.71. The maximum absolute atomic E-state index is 11.9. The molecular weight excluding hydrogens is 228 g/mol. The van der Waals surface area contributed by atoms with Crippen LogP contribution in [0.3, 0.4) is 0 Å². The Kier molecular flexibility index (Phi) is 2.74. The molecule has 0 saturated carbocycles. The second kappa shape index (κ2) is 4.28. The highest BCUT2D eigenvalue weighted by atomic mass is 16.6. The zero-order valence-corrected chi connectivity index (χ0v) is 10.6. The van der Waals surface area contributed by atoms with Crippen molar-refractivity contribution >= 4 is 6.09 Å². The fourth-order valence-electron chi connectivity index (χ4n) is 2.82. The van der Waals surface area contributed by atoms with Gasteiger partial charge in [0.15, 0.2) is 0 Å². The van der Waals surface area contributed by atoms with Gasteiger partial charge in [-0.15, -0.1) is 0 Å². The number of carbonyl (C=O) groups excluding carboxylic acids is 1. The van der Waals surface area contributed by atoms with Crippen LogP contribution < -0.4 is 5.32 Å². The number of carbonyl (C=O) groups is 1. The van der Waals surface area contributed by atoms with Gasteiger partial charge in [0.25, 0.3) is 0 Å². The molecule has 0 radical (unpaired) electrons. The molecule has 1 amide bonds. The third kappa shape index (κ3) is 1.77. The van der Waals surface area contributed by atoms with E-state index in [0.29, 0.717) is 13.2 Å². The predicted molar refractivity (Wildman–Crippen MR) is 68.3 cm³/mol. The van der Waals surface area contributed by atoms with Crippen molar-refractivity contribution in [3.63, 3.8) is 0 Å². The fraction of sp³-hybridized carbons (Fsp3) is 0.500. The molecule has 1 N–H and O–H groups in total. The molecule has 4 heteroatoms. The average molecular weight is 246 g/mol. The Hall–Kier alpha value is -1.55. The van der Waals surface area contributed by atoms with Crippen molar-refractivity contribution in [1.29, 1.82) is 0 Å². The molecule has 18 heavy (non-hydrogen) atoms. The third-order valence-corrected chi connectivity index (χ3v) is 4.07. The molecule has 2 aliphatic heterocycles. The van der Waals surface area contributed by atoms with E-state index in [9.17, 15) is 4.79 Å². The number of ether oxygens (including phenoxy) is 1. The summed E-state index contributed by atoms with van der Waals surface area (Å²) in [5, 5.41) is 3.33. The van der Waals surface area contributed by atoms with Gasteiger partial charge in [-0.1, -0.05) is 24.3 Å². The molecular formula is C14H18N2O2. The maximum Gasteiger partial charge on any atom is 0.410 e. The highest BCUT2D eigenvalue weighted by molar-refractivity contribution is 5.71. The number of benzene rings is 1. The normalized spacial score (nSPS) is 26.9. The van der Waals surface area contributed by atoms with Crippen LogP contribution in [-0.4, -0.2) is 36.2 Å². The molecule has 0 aromatic heterocycles. The zero-order chi connectivity index (χ0) is 12.6. The molecule has 4 nitrogen and oxygen atoms in total. The van der Waals surface area contributed by atoms with Gasteiger partial charge in [-0.2, -0.15) is 0 Å². The van der Waals surface area contributed by atoms with Crippen LogP contribution in [0.25, 0.3) is 0 Å². The Labute approximate surface area is 107 Å². The van der Waals surface area contributed by atoms with E-state index in [1.807, 2.05) is 17.0 Å². The minimum atomic E-state index is -0.179. The molecule has 96 valence electrons. The highest BCUT2D eigenvalue weighted by Gasteiger charge is 2.49. The average Bonchev–Trinajstić information content (AvgIpc) is 2.95. The molecule has 3 rings (SSSR count). The lowest BCUT2D eigenvalue weighted by Crippen LogP contribution is -2.48. The summed E-state index contributed by atoms with van der Waals surface area (Å²) in [5.41, 5.74) is 2.29. The summed E-state index contributed by atoms with van der Waals surface area (Å²) in [5.74, 6) is 0. The van der Waals surface area contributed by atoms with Crippen LogP contribution in [0.4, 0.5) is 4.79 Å². The smallest absolute Gasteiger partial charge is 0.410 e. The van der Waals surface area contributed by atoms with E-state index >= 15 is 0 Å². The first kappa shape index (κ1) is 11.5. The van der Waals surface area contributed by atoms with E-state index in [0.717, 1.165) is 19.5 Å². The number of aryl methyl sites for hydroxylation is 1. The van der Waals surface area contributed by atoms with Gasteiger partial charge in [-0.25, -0.2) is 4.79 Å². The van der Waals surface area contributed by atoms with Crippen LogP contribution in [-0.2, 0) is 11.3 Å². The van der Waals surface area contributed by atoms with Crippen LogP contribution >= 0.6 is 0 Å². The number of amides is 1. The van der Waals surface area contributed by atoms with Crippen molar-refractivity contribution < 1.29 is 9.53 Å². The second-order valence-corrected chi connectivity index (χ2v) is 5.22. The first-order valence-electron chi connectivity index (χ1n) is 6.41. The van der Waals surface area contributed by atoms with Crippen LogP contribution in [0.1, 0.15) is 17.5 Å². The molecule has 2 saturated heterocycles. The van der Waals surface area contributed by atoms with E-state index in [1.165, 1.54) is 11.1 Å². The Morgan fingerprint density at radius 3 is 3.00 bits per heavy atom. The molecule has 0 aliphatic carbocycles. The molecule has 1 aromatic rings. The lowest BCUT2D eigenvalue weighted by Gasteiger charge is -2.31. The van der Waals surface area contributed by atoms with E-state index in [4.69, 9.17) is 4.74 Å². The Bertz CT molecular complexity index is 467. The summed E-state index contributed by atoms with van der Waals surface area (Å²) in [6.07, 6.45) is 0.798. The van der Waals surface area contributed by atoms with Crippen LogP contribution in [0, 0.1) is 6.92 Å². The number of cyclic esters (lactones) is 1. The van der Waals surface area contributed by atoms with Gasteiger partial charge in [-0.3, -0.25) is 4.90 Å². The van der Waals surface area contributed by atoms with Crippen LogP contribution in [0.15, 0.2) is 24.3 Å². The second-order valence-electron chi connectivity index (χ2n) is 5.22. The number of nitrogens with zero attached hydrogens (tertiary/aromatic N) is 1. The summed E-state index contributed by atoms with van der Waals surface area (Å²) in [6, 6.07) is 8.20. The molecule has 1 atom stereocenters. The molecule has 0 bridgehead atoms. The maximum atomic E-state index is 11.9. The van der Waals surface area contributed by atoms with E-state index < -0.39 is 0 Å². The molecule has 2 aliphatic rings. The third-order valence-electron chi connectivity index (χ3n) is 4.07. The highest BCUT2D eigenvalue weighted by Crippen LogP contribution is 2.32. The molecule has 1 aromatic carbocycles. The van der Waals surface area contributed by atoms with Crippen molar-refractivity contribution in [2.24, 2.45) is 0 Å². The summed E-state index contributed by atoms with van der Waals surface area (Å²) in [4.78, 5) is 13.8. The molecule has 1 unspecified atom stereocenters. The number of hydrogen-bond donors (Lipinski definition) is 1. The van der Waals surface area contributed by atoms with Crippen molar-refractivity contribution in [3.8, 4) is 0 Å². The topological polar surface area (TPSA) is 41.6 Å². The predicted octanol–water partition coefficient (Wildman–Crippen LogP) is 1.68. The lowest BCUT2D eigenvalue weighted by atomic mass is 9.97. The quantitative estimate of drug-likeness (QED) is 0.863. The molecule has 2 heterocycles. The fourth-order valence-corrected chi connectivity index (χ4v) is 2.82. The summed E-state index contributed by atoms with van der Waals surface area (Å²) >= 11 is 0. The Morgan fingerprint density at radius 2 is 2.28 bits per heavy atom. The van der Waals surface area contributed by atoms with Crippen LogP contribution in [0.2, 0.25) is 0 Å². The number of hydrogen-bond acceptors (Lipinski definition) is 3. The SMILES string of the molecule is Cc1ccccc1CN1C(=O)OCC12CCNC2. The largest absolute Gasteiger partial charge is 0.447 e. The van der Waals surface area contributed by atoms with E-state index in [-0.39, 0.29) is 11.6 Å². The Balaban J connectivity index is 1.86. The van der Waals surface area contributed by atoms with Gasteiger partial charge in [-0.05, 0) is 31.0 Å². The molecule has 2 fully saturated rings. The number of nitrogens with one attached hydrogen (secondary N) is 1. The monoisotopic (exact) mass is 246 g/mol. The van der Waals surface area contributed by atoms with Crippen molar-refractivity contribution in [1.82, 2.24) is 10.2 Å². The van der Waals surface area contributed by atoms with Crippen LogP contribution in [0.5, 0.6) is 0 Å². The minimum Gasteiger partial charge on any atom is -0.447 e. The summed E-state index contributed by atoms with van der Waals surface area (Å²) in [6.45, 7) is 5.04. The van der Waals surface area contributed by atoms with Gasteiger partial charge in [0.2, 0.25) is 0 Å². The van der Waals surface area contributed by atoms with Crippen molar-refractivity contribution in [2.45, 2.75) is 25.4 Å². The van der Waals surface area contributed by atoms with Gasteiger partial charge in [0, 0.05) is 6.54 Å². The summed E-state index contributed by atoms with van der Waals surface area (Å²) < 4.78 is 5.26. The van der Waals surface area contributed by atoms with E-state index in [2.05, 4.69) is 24.4 Å². The summed E-state index contributed by atoms with van der Waals surface area (Å²) in [7, 11) is 0. The minimum absolute atomic E-state index is 0.126. The van der Waals surface area contributed by atoms with Gasteiger partial charge >= 0.3 is 6.09 Å². The van der Waals surface area contributed by atoms with E-state index in [1.54, 1.807) is 0 Å². The first-order valence-corrected chi connectivity index (χ1v) is 6.41. The molecule has 1 spiro atoms. The van der Waals surface area contributed by atoms with Crippen molar-refractivity contribution in [3.05, 3.63) is 35.4 Å². The zero-order valence-electron chi connectivity index (χ0n) is 10.6. The number of rotatable bonds is 2. The van der Waals surface area contributed by atoms with Gasteiger partial charge in [0.1, 0.15) is 6.61 Å².